The quantitative estimate of drug-likeness (QED) is 0.492. The Labute approximate surface area is 118 Å². The number of carbonyl (C=O) groups excluding carboxylic acids is 1. The number of amides is 1. The first kappa shape index (κ1) is 16.2. The molecular formula is C13H17N3O3S. The number of rotatable bonds is 5. The van der Waals surface area contributed by atoms with Crippen molar-refractivity contribution in [1.29, 1.82) is 0 Å². The molecule has 0 aromatic heterocycles. The average molecular weight is 295 g/mol. The van der Waals surface area contributed by atoms with E-state index in [9.17, 15) is 13.2 Å². The Bertz CT molecular complexity index is 613. The van der Waals surface area contributed by atoms with Crippen LogP contribution in [0.1, 0.15) is 15.9 Å². The van der Waals surface area contributed by atoms with Gasteiger partial charge in [0.1, 0.15) is 0 Å². The van der Waals surface area contributed by atoms with Gasteiger partial charge in [0, 0.05) is 24.2 Å². The maximum Gasteiger partial charge on any atom is 0.251 e. The van der Waals surface area contributed by atoms with Crippen molar-refractivity contribution in [2.75, 3.05) is 25.9 Å². The van der Waals surface area contributed by atoms with Crippen LogP contribution < -0.4 is 15.8 Å². The zero-order valence-electron chi connectivity index (χ0n) is 11.1. The van der Waals surface area contributed by atoms with Crippen molar-refractivity contribution in [3.8, 4) is 11.8 Å². The highest BCUT2D eigenvalue weighted by atomic mass is 32.2. The molecule has 0 aliphatic carbocycles. The lowest BCUT2D eigenvalue weighted by molar-refractivity contribution is 0.0954. The topological polar surface area (TPSA) is 101 Å². The first-order valence-electron chi connectivity index (χ1n) is 5.94. The fraction of sp³-hybridized carbons (Fsp3) is 0.308. The molecule has 1 amide bonds. The van der Waals surface area contributed by atoms with E-state index in [1.54, 1.807) is 24.3 Å². The molecule has 0 bridgehead atoms. The Morgan fingerprint density at radius 3 is 2.45 bits per heavy atom. The summed E-state index contributed by atoms with van der Waals surface area (Å²) < 4.78 is 23.9. The number of nitrogens with two attached hydrogens (primary N) is 1. The maximum absolute atomic E-state index is 11.8. The lowest BCUT2D eigenvalue weighted by Crippen LogP contribution is -2.34. The summed E-state index contributed by atoms with van der Waals surface area (Å²) in [4.78, 5) is 11.8. The average Bonchev–Trinajstić information content (AvgIpc) is 2.40. The number of nitrogens with one attached hydrogen (secondary N) is 2. The molecule has 1 rings (SSSR count). The van der Waals surface area contributed by atoms with Crippen LogP contribution >= 0.6 is 0 Å². The number of carbonyl (C=O) groups is 1. The molecule has 0 unspecified atom stereocenters. The third kappa shape index (κ3) is 6.33. The fourth-order valence-corrected chi connectivity index (χ4v) is 1.85. The first-order chi connectivity index (χ1) is 9.42. The van der Waals surface area contributed by atoms with Crippen LogP contribution in [0.4, 0.5) is 0 Å². The Morgan fingerprint density at radius 1 is 1.25 bits per heavy atom. The van der Waals surface area contributed by atoms with E-state index in [0.717, 1.165) is 11.8 Å². The smallest absolute Gasteiger partial charge is 0.251 e. The molecule has 4 N–H and O–H groups in total. The van der Waals surface area contributed by atoms with E-state index in [1.165, 1.54) is 0 Å². The lowest BCUT2D eigenvalue weighted by atomic mass is 10.1. The van der Waals surface area contributed by atoms with Gasteiger partial charge in [-0.25, -0.2) is 13.1 Å². The SMILES string of the molecule is CS(=O)(=O)NCCNC(=O)c1ccc(C#CCN)cc1. The Morgan fingerprint density at radius 2 is 1.90 bits per heavy atom. The zero-order chi connectivity index (χ0) is 15.0. The highest BCUT2D eigenvalue weighted by Gasteiger charge is 2.05. The Balaban J connectivity index is 2.48. The minimum absolute atomic E-state index is 0.157. The van der Waals surface area contributed by atoms with Crippen LogP contribution in [0.25, 0.3) is 0 Å². The summed E-state index contributed by atoms with van der Waals surface area (Å²) in [5.74, 6) is 5.31. The third-order valence-corrected chi connectivity index (χ3v) is 2.99. The van der Waals surface area contributed by atoms with E-state index >= 15 is 0 Å². The second kappa shape index (κ2) is 7.65. The normalized spacial score (nSPS) is 10.5. The van der Waals surface area contributed by atoms with Gasteiger partial charge in [0.05, 0.1) is 12.8 Å². The van der Waals surface area contributed by atoms with Gasteiger partial charge in [-0.15, -0.1) is 0 Å². The molecule has 0 spiro atoms. The van der Waals surface area contributed by atoms with E-state index < -0.39 is 10.0 Å². The molecule has 1 aromatic carbocycles. The van der Waals surface area contributed by atoms with Crippen molar-refractivity contribution in [3.63, 3.8) is 0 Å². The van der Waals surface area contributed by atoms with Crippen LogP contribution in [0.2, 0.25) is 0 Å². The van der Waals surface area contributed by atoms with Crippen molar-refractivity contribution < 1.29 is 13.2 Å². The summed E-state index contributed by atoms with van der Waals surface area (Å²) in [6.07, 6.45) is 1.07. The second-order valence-corrected chi connectivity index (χ2v) is 5.84. The number of hydrogen-bond donors (Lipinski definition) is 3. The minimum Gasteiger partial charge on any atom is -0.351 e. The molecule has 0 atom stereocenters. The predicted molar refractivity (Wildman–Crippen MR) is 77.6 cm³/mol. The highest BCUT2D eigenvalue weighted by Crippen LogP contribution is 2.02. The van der Waals surface area contributed by atoms with E-state index in [-0.39, 0.29) is 25.5 Å². The van der Waals surface area contributed by atoms with Crippen LogP contribution in [-0.4, -0.2) is 40.2 Å². The van der Waals surface area contributed by atoms with Crippen LogP contribution in [0.15, 0.2) is 24.3 Å². The van der Waals surface area contributed by atoms with Gasteiger partial charge in [-0.1, -0.05) is 11.8 Å². The van der Waals surface area contributed by atoms with Gasteiger partial charge in [0.15, 0.2) is 0 Å². The van der Waals surface area contributed by atoms with Crippen molar-refractivity contribution >= 4 is 15.9 Å². The van der Waals surface area contributed by atoms with Gasteiger partial charge in [-0.2, -0.15) is 0 Å². The summed E-state index contributed by atoms with van der Waals surface area (Å²) in [5, 5.41) is 2.61. The van der Waals surface area contributed by atoms with Crippen molar-refractivity contribution in [3.05, 3.63) is 35.4 Å². The molecule has 7 heteroatoms. The van der Waals surface area contributed by atoms with Gasteiger partial charge >= 0.3 is 0 Å². The first-order valence-corrected chi connectivity index (χ1v) is 7.83. The largest absolute Gasteiger partial charge is 0.351 e. The molecule has 1 aromatic rings. The predicted octanol–water partition coefficient (Wildman–Crippen LogP) is -0.724. The third-order valence-electron chi connectivity index (χ3n) is 2.26. The van der Waals surface area contributed by atoms with Crippen molar-refractivity contribution in [1.82, 2.24) is 10.0 Å². The maximum atomic E-state index is 11.8. The van der Waals surface area contributed by atoms with Gasteiger partial charge in [0.2, 0.25) is 10.0 Å². The van der Waals surface area contributed by atoms with E-state index in [4.69, 9.17) is 5.73 Å². The molecule has 6 nitrogen and oxygen atoms in total. The Kier molecular flexibility index (Phi) is 6.18. The van der Waals surface area contributed by atoms with Crippen molar-refractivity contribution in [2.24, 2.45) is 5.73 Å². The molecule has 0 heterocycles. The standard InChI is InChI=1S/C13H17N3O3S/c1-20(18,19)16-10-9-15-13(17)12-6-4-11(5-7-12)3-2-8-14/h4-7,16H,8-10,14H2,1H3,(H,15,17). The highest BCUT2D eigenvalue weighted by molar-refractivity contribution is 7.88. The fourth-order valence-electron chi connectivity index (χ4n) is 1.37. The molecular weight excluding hydrogens is 278 g/mol. The van der Waals surface area contributed by atoms with Gasteiger partial charge in [-0.05, 0) is 24.3 Å². The summed E-state index contributed by atoms with van der Waals surface area (Å²) in [6.45, 7) is 0.668. The van der Waals surface area contributed by atoms with Crippen LogP contribution in [0.3, 0.4) is 0 Å². The summed E-state index contributed by atoms with van der Waals surface area (Å²) in [5.41, 5.74) is 6.54. The molecule has 0 aliphatic heterocycles. The summed E-state index contributed by atoms with van der Waals surface area (Å²) >= 11 is 0. The molecule has 0 saturated heterocycles. The van der Waals surface area contributed by atoms with Crippen molar-refractivity contribution in [2.45, 2.75) is 0 Å². The summed E-state index contributed by atoms with van der Waals surface area (Å²) in [7, 11) is -3.23. The lowest BCUT2D eigenvalue weighted by Gasteiger charge is -2.05. The Hall–Kier alpha value is -1.88. The molecule has 0 aliphatic rings. The number of sulfonamides is 1. The van der Waals surface area contributed by atoms with Gasteiger partial charge in [0.25, 0.3) is 5.91 Å². The van der Waals surface area contributed by atoms with E-state index in [1.807, 2.05) is 0 Å². The van der Waals surface area contributed by atoms with Crippen LogP contribution in [0.5, 0.6) is 0 Å². The monoisotopic (exact) mass is 295 g/mol. The van der Waals surface area contributed by atoms with Gasteiger partial charge in [-0.3, -0.25) is 4.79 Å². The molecule has 108 valence electrons. The number of benzene rings is 1. The van der Waals surface area contributed by atoms with E-state index in [0.29, 0.717) is 5.56 Å². The molecule has 0 saturated carbocycles. The molecule has 0 fully saturated rings. The number of hydrogen-bond acceptors (Lipinski definition) is 4. The van der Waals surface area contributed by atoms with Crippen LogP contribution in [0, 0.1) is 11.8 Å². The van der Waals surface area contributed by atoms with E-state index in [2.05, 4.69) is 21.9 Å². The van der Waals surface area contributed by atoms with Crippen LogP contribution in [-0.2, 0) is 10.0 Å². The minimum atomic E-state index is -3.23. The summed E-state index contributed by atoms with van der Waals surface area (Å²) in [6, 6.07) is 6.76. The zero-order valence-corrected chi connectivity index (χ0v) is 12.0. The molecule has 0 radical (unpaired) electrons. The second-order valence-electron chi connectivity index (χ2n) is 4.01. The van der Waals surface area contributed by atoms with Gasteiger partial charge < -0.3 is 11.1 Å². The molecule has 20 heavy (non-hydrogen) atoms.